The van der Waals surface area contributed by atoms with Crippen LogP contribution >= 0.6 is 15.9 Å². The number of hydrogen-bond acceptors (Lipinski definition) is 2. The molecule has 0 saturated heterocycles. The molecule has 70 valence electrons. The second-order valence-corrected chi connectivity index (χ2v) is 4.48. The van der Waals surface area contributed by atoms with Crippen LogP contribution in [0.5, 0.6) is 0 Å². The summed E-state index contributed by atoms with van der Waals surface area (Å²) in [5.41, 5.74) is 1.44. The van der Waals surface area contributed by atoms with Gasteiger partial charge in [-0.1, -0.05) is 21.5 Å². The third kappa shape index (κ3) is 2.88. The van der Waals surface area contributed by atoms with E-state index in [-0.39, 0.29) is 6.10 Å². The molecule has 2 nitrogen and oxygen atoms in total. The topological polar surface area (TPSA) is 23.5 Å². The van der Waals surface area contributed by atoms with Gasteiger partial charge >= 0.3 is 0 Å². The fourth-order valence-electron chi connectivity index (χ4n) is 1.40. The summed E-state index contributed by atoms with van der Waals surface area (Å²) in [6.07, 6.45) is 0.900. The molecule has 1 aliphatic heterocycles. The SMILES string of the molecule is CC1=C(Br)CN(CC(C)O)CC1. The molecule has 1 heterocycles. The van der Waals surface area contributed by atoms with Gasteiger partial charge in [0.15, 0.2) is 0 Å². The smallest absolute Gasteiger partial charge is 0.0639 e. The summed E-state index contributed by atoms with van der Waals surface area (Å²) >= 11 is 3.54. The lowest BCUT2D eigenvalue weighted by Gasteiger charge is -2.28. The largest absolute Gasteiger partial charge is 0.392 e. The molecule has 0 aliphatic carbocycles. The Balaban J connectivity index is 2.44. The van der Waals surface area contributed by atoms with E-state index in [1.807, 2.05) is 6.92 Å². The van der Waals surface area contributed by atoms with Crippen molar-refractivity contribution >= 4 is 15.9 Å². The summed E-state index contributed by atoms with van der Waals surface area (Å²) in [5, 5.41) is 9.18. The predicted octanol–water partition coefficient (Wildman–Crippen LogP) is 1.74. The Labute approximate surface area is 82.4 Å². The van der Waals surface area contributed by atoms with E-state index in [4.69, 9.17) is 0 Å². The van der Waals surface area contributed by atoms with Gasteiger partial charge in [-0.25, -0.2) is 0 Å². The van der Waals surface area contributed by atoms with Crippen molar-refractivity contribution in [2.45, 2.75) is 26.4 Å². The summed E-state index contributed by atoms with van der Waals surface area (Å²) in [5.74, 6) is 0. The quantitative estimate of drug-likeness (QED) is 0.786. The van der Waals surface area contributed by atoms with Crippen LogP contribution in [0.25, 0.3) is 0 Å². The Hall–Kier alpha value is 0.140. The number of β-amino-alcohol motifs (C(OH)–C–C–N with tert-alkyl or cyclic N) is 1. The minimum Gasteiger partial charge on any atom is -0.392 e. The number of aliphatic hydroxyl groups excluding tert-OH is 1. The Kier molecular flexibility index (Phi) is 3.75. The Morgan fingerprint density at radius 2 is 2.33 bits per heavy atom. The van der Waals surface area contributed by atoms with E-state index in [0.717, 1.165) is 26.1 Å². The van der Waals surface area contributed by atoms with Gasteiger partial charge in [-0.3, -0.25) is 4.90 Å². The number of nitrogens with zero attached hydrogens (tertiary/aromatic N) is 1. The highest BCUT2D eigenvalue weighted by Crippen LogP contribution is 2.21. The molecule has 0 spiro atoms. The van der Waals surface area contributed by atoms with Crippen molar-refractivity contribution in [1.82, 2.24) is 4.90 Å². The molecule has 0 radical (unpaired) electrons. The van der Waals surface area contributed by atoms with E-state index in [1.165, 1.54) is 10.1 Å². The van der Waals surface area contributed by atoms with Gasteiger partial charge in [-0.05, 0) is 20.3 Å². The Bertz CT molecular complexity index is 189. The molecule has 0 amide bonds. The highest BCUT2D eigenvalue weighted by molar-refractivity contribution is 9.11. The monoisotopic (exact) mass is 233 g/mol. The van der Waals surface area contributed by atoms with Crippen LogP contribution in [0.15, 0.2) is 10.1 Å². The summed E-state index contributed by atoms with van der Waals surface area (Å²) in [4.78, 5) is 2.27. The Morgan fingerprint density at radius 1 is 1.67 bits per heavy atom. The van der Waals surface area contributed by atoms with Crippen molar-refractivity contribution < 1.29 is 5.11 Å². The number of hydrogen-bond donors (Lipinski definition) is 1. The lowest BCUT2D eigenvalue weighted by Crippen LogP contribution is -2.35. The fourth-order valence-corrected chi connectivity index (χ4v) is 1.95. The molecule has 12 heavy (non-hydrogen) atoms. The van der Waals surface area contributed by atoms with Gasteiger partial charge in [-0.2, -0.15) is 0 Å². The molecule has 0 aromatic rings. The zero-order valence-electron chi connectivity index (χ0n) is 7.68. The summed E-state index contributed by atoms with van der Waals surface area (Å²) in [7, 11) is 0. The van der Waals surface area contributed by atoms with Gasteiger partial charge in [0.2, 0.25) is 0 Å². The predicted molar refractivity (Wildman–Crippen MR) is 54.4 cm³/mol. The lowest BCUT2D eigenvalue weighted by atomic mass is 10.1. The first kappa shape index (κ1) is 10.2. The first-order valence-electron chi connectivity index (χ1n) is 4.34. The molecule has 1 atom stereocenters. The van der Waals surface area contributed by atoms with E-state index in [0.29, 0.717) is 0 Å². The van der Waals surface area contributed by atoms with Crippen molar-refractivity contribution in [3.8, 4) is 0 Å². The van der Waals surface area contributed by atoms with Crippen molar-refractivity contribution in [1.29, 1.82) is 0 Å². The van der Waals surface area contributed by atoms with E-state index < -0.39 is 0 Å². The molecule has 0 saturated carbocycles. The Morgan fingerprint density at radius 3 is 2.83 bits per heavy atom. The highest BCUT2D eigenvalue weighted by atomic mass is 79.9. The van der Waals surface area contributed by atoms with Crippen LogP contribution in [0, 0.1) is 0 Å². The number of rotatable bonds is 2. The van der Waals surface area contributed by atoms with Crippen molar-refractivity contribution in [3.05, 3.63) is 10.1 Å². The summed E-state index contributed by atoms with van der Waals surface area (Å²) in [6, 6.07) is 0. The molecule has 0 bridgehead atoms. The van der Waals surface area contributed by atoms with Gasteiger partial charge in [-0.15, -0.1) is 0 Å². The van der Waals surface area contributed by atoms with E-state index >= 15 is 0 Å². The maximum atomic E-state index is 9.18. The molecule has 0 fully saturated rings. The maximum Gasteiger partial charge on any atom is 0.0639 e. The van der Waals surface area contributed by atoms with E-state index in [1.54, 1.807) is 0 Å². The minimum atomic E-state index is -0.219. The van der Waals surface area contributed by atoms with Gasteiger partial charge in [0.05, 0.1) is 6.10 Å². The second-order valence-electron chi connectivity index (χ2n) is 3.52. The molecule has 3 heteroatoms. The molecule has 1 unspecified atom stereocenters. The first-order valence-corrected chi connectivity index (χ1v) is 5.13. The van der Waals surface area contributed by atoms with Crippen LogP contribution in [0.4, 0.5) is 0 Å². The van der Waals surface area contributed by atoms with Crippen LogP contribution in [0.2, 0.25) is 0 Å². The van der Waals surface area contributed by atoms with Crippen LogP contribution in [0.3, 0.4) is 0 Å². The van der Waals surface area contributed by atoms with E-state index in [2.05, 4.69) is 27.8 Å². The highest BCUT2D eigenvalue weighted by Gasteiger charge is 2.15. The van der Waals surface area contributed by atoms with Gasteiger partial charge < -0.3 is 5.11 Å². The van der Waals surface area contributed by atoms with Crippen LogP contribution < -0.4 is 0 Å². The number of aliphatic hydroxyl groups is 1. The lowest BCUT2D eigenvalue weighted by molar-refractivity contribution is 0.131. The minimum absolute atomic E-state index is 0.219. The second kappa shape index (κ2) is 4.40. The van der Waals surface area contributed by atoms with Gasteiger partial charge in [0.1, 0.15) is 0 Å². The molecule has 1 rings (SSSR count). The normalized spacial score (nSPS) is 23.0. The third-order valence-electron chi connectivity index (χ3n) is 2.15. The van der Waals surface area contributed by atoms with Crippen LogP contribution in [-0.4, -0.2) is 35.7 Å². The molecule has 0 aromatic carbocycles. The third-order valence-corrected chi connectivity index (χ3v) is 3.08. The van der Waals surface area contributed by atoms with Crippen molar-refractivity contribution in [2.75, 3.05) is 19.6 Å². The fraction of sp³-hybridized carbons (Fsp3) is 0.778. The van der Waals surface area contributed by atoms with Crippen LogP contribution in [-0.2, 0) is 0 Å². The van der Waals surface area contributed by atoms with Gasteiger partial charge in [0.25, 0.3) is 0 Å². The molecule has 1 N–H and O–H groups in total. The maximum absolute atomic E-state index is 9.18. The number of halogens is 1. The zero-order valence-corrected chi connectivity index (χ0v) is 9.26. The standard InChI is InChI=1S/C9H16BrNO/c1-7-3-4-11(5-8(2)12)6-9(7)10/h8,12H,3-6H2,1-2H3. The van der Waals surface area contributed by atoms with Crippen molar-refractivity contribution in [3.63, 3.8) is 0 Å². The van der Waals surface area contributed by atoms with Gasteiger partial charge in [0, 0.05) is 24.1 Å². The molecular weight excluding hydrogens is 218 g/mol. The molecular formula is C9H16BrNO. The average molecular weight is 234 g/mol. The average Bonchev–Trinajstić information content (AvgIpc) is 1.96. The summed E-state index contributed by atoms with van der Waals surface area (Å²) in [6.45, 7) is 6.80. The molecule has 1 aliphatic rings. The van der Waals surface area contributed by atoms with Crippen LogP contribution in [0.1, 0.15) is 20.3 Å². The zero-order chi connectivity index (χ0) is 9.14. The first-order chi connectivity index (χ1) is 5.59. The van der Waals surface area contributed by atoms with E-state index in [9.17, 15) is 5.11 Å². The molecule has 0 aromatic heterocycles. The summed E-state index contributed by atoms with van der Waals surface area (Å²) < 4.78 is 1.29. The van der Waals surface area contributed by atoms with Crippen molar-refractivity contribution in [2.24, 2.45) is 0 Å².